The number of hydrogen-bond donors (Lipinski definition) is 1. The van der Waals surface area contributed by atoms with Gasteiger partial charge in [0.05, 0.1) is 0 Å². The number of fused-ring (bicyclic) bond motifs is 1. The van der Waals surface area contributed by atoms with E-state index < -0.39 is 0 Å². The van der Waals surface area contributed by atoms with Gasteiger partial charge in [-0.3, -0.25) is 14.3 Å². The fourth-order valence-corrected chi connectivity index (χ4v) is 4.81. The Bertz CT molecular complexity index is 885. The molecule has 2 aliphatic rings. The maximum Gasteiger partial charge on any atom is 0.346 e. The van der Waals surface area contributed by atoms with Crippen molar-refractivity contribution in [1.82, 2.24) is 19.2 Å². The van der Waals surface area contributed by atoms with E-state index in [9.17, 15) is 9.59 Å². The van der Waals surface area contributed by atoms with E-state index in [2.05, 4.69) is 21.4 Å². The summed E-state index contributed by atoms with van der Waals surface area (Å²) >= 11 is 2.00. The van der Waals surface area contributed by atoms with Crippen LogP contribution >= 0.6 is 11.8 Å². The van der Waals surface area contributed by atoms with Crippen LogP contribution in [0.4, 0.5) is 5.69 Å². The average Bonchev–Trinajstić information content (AvgIpc) is 2.85. The SMILES string of the molecule is O=C(Cn1nc2n(c1=O)CCCCC2)Nc1cccc(CN2CCSCC2)c1. The van der Waals surface area contributed by atoms with Crippen LogP contribution in [0.15, 0.2) is 29.1 Å². The molecule has 1 aromatic carbocycles. The minimum Gasteiger partial charge on any atom is -0.324 e. The van der Waals surface area contributed by atoms with Crippen LogP contribution in [-0.2, 0) is 30.8 Å². The molecule has 1 amide bonds. The number of benzene rings is 1. The molecule has 0 atom stereocenters. The van der Waals surface area contributed by atoms with Crippen LogP contribution < -0.4 is 11.0 Å². The van der Waals surface area contributed by atoms with E-state index in [4.69, 9.17) is 0 Å². The van der Waals surface area contributed by atoms with Gasteiger partial charge in [-0.15, -0.1) is 0 Å². The summed E-state index contributed by atoms with van der Waals surface area (Å²) in [5.74, 6) is 2.94. The van der Waals surface area contributed by atoms with Gasteiger partial charge >= 0.3 is 5.69 Å². The standard InChI is InChI=1S/C20H27N5O2S/c26-19(15-25-20(27)24-8-3-1-2-7-18(24)22-25)21-17-6-4-5-16(13-17)14-23-9-11-28-12-10-23/h4-6,13H,1-3,7-12,14-15H2,(H,21,26). The minimum absolute atomic E-state index is 0.0492. The van der Waals surface area contributed by atoms with Crippen LogP contribution in [0.1, 0.15) is 30.7 Å². The molecule has 7 nitrogen and oxygen atoms in total. The molecule has 2 aliphatic heterocycles. The highest BCUT2D eigenvalue weighted by Gasteiger charge is 2.17. The second-order valence-corrected chi connectivity index (χ2v) is 8.68. The summed E-state index contributed by atoms with van der Waals surface area (Å²) in [5, 5.41) is 7.30. The maximum atomic E-state index is 12.5. The molecule has 0 bridgehead atoms. The third-order valence-electron chi connectivity index (χ3n) is 5.30. The van der Waals surface area contributed by atoms with Crippen molar-refractivity contribution in [3.8, 4) is 0 Å². The summed E-state index contributed by atoms with van der Waals surface area (Å²) in [4.78, 5) is 27.4. The molecule has 0 unspecified atom stereocenters. The number of carbonyl (C=O) groups excluding carboxylic acids is 1. The molecule has 0 spiro atoms. The first kappa shape index (κ1) is 19.3. The Kier molecular flexibility index (Phi) is 6.17. The fourth-order valence-electron chi connectivity index (χ4n) is 3.83. The van der Waals surface area contributed by atoms with Crippen LogP contribution in [0.3, 0.4) is 0 Å². The highest BCUT2D eigenvalue weighted by molar-refractivity contribution is 7.99. The fraction of sp³-hybridized carbons (Fsp3) is 0.550. The molecule has 4 rings (SSSR count). The van der Waals surface area contributed by atoms with Crippen molar-refractivity contribution in [3.05, 3.63) is 46.1 Å². The first-order chi connectivity index (χ1) is 13.7. The summed E-state index contributed by atoms with van der Waals surface area (Å²) in [6, 6.07) is 7.96. The highest BCUT2D eigenvalue weighted by Crippen LogP contribution is 2.16. The topological polar surface area (TPSA) is 72.2 Å². The van der Waals surface area contributed by atoms with E-state index in [1.807, 2.05) is 30.0 Å². The Balaban J connectivity index is 1.39. The number of hydrogen-bond acceptors (Lipinski definition) is 5. The van der Waals surface area contributed by atoms with Gasteiger partial charge in [0.1, 0.15) is 12.4 Å². The molecule has 2 aromatic rings. The number of aryl methyl sites for hydroxylation is 1. The number of amides is 1. The van der Waals surface area contributed by atoms with E-state index in [0.29, 0.717) is 6.54 Å². The maximum absolute atomic E-state index is 12.5. The second kappa shape index (κ2) is 8.96. The molecular weight excluding hydrogens is 374 g/mol. The van der Waals surface area contributed by atoms with Crippen LogP contribution in [0.2, 0.25) is 0 Å². The van der Waals surface area contributed by atoms with Crippen molar-refractivity contribution in [2.24, 2.45) is 0 Å². The van der Waals surface area contributed by atoms with Gasteiger partial charge in [0, 0.05) is 49.8 Å². The smallest absolute Gasteiger partial charge is 0.324 e. The van der Waals surface area contributed by atoms with Gasteiger partial charge in [-0.1, -0.05) is 18.6 Å². The largest absolute Gasteiger partial charge is 0.346 e. The van der Waals surface area contributed by atoms with Gasteiger partial charge in [-0.2, -0.15) is 16.9 Å². The minimum atomic E-state index is -0.220. The summed E-state index contributed by atoms with van der Waals surface area (Å²) in [5.41, 5.74) is 1.78. The summed E-state index contributed by atoms with van der Waals surface area (Å²) in [6.07, 6.45) is 3.97. The molecule has 0 radical (unpaired) electrons. The third-order valence-corrected chi connectivity index (χ3v) is 6.24. The number of nitrogens with one attached hydrogen (secondary N) is 1. The normalized spacial score (nSPS) is 17.7. The summed E-state index contributed by atoms with van der Waals surface area (Å²) in [6.45, 7) is 3.76. The summed E-state index contributed by atoms with van der Waals surface area (Å²) < 4.78 is 3.02. The quantitative estimate of drug-likeness (QED) is 0.829. The van der Waals surface area contributed by atoms with Gasteiger partial charge in [0.2, 0.25) is 5.91 Å². The first-order valence-corrected chi connectivity index (χ1v) is 11.2. The van der Waals surface area contributed by atoms with Gasteiger partial charge in [-0.25, -0.2) is 9.48 Å². The van der Waals surface area contributed by atoms with Crippen LogP contribution in [-0.4, -0.2) is 49.7 Å². The van der Waals surface area contributed by atoms with Crippen molar-refractivity contribution in [2.75, 3.05) is 29.9 Å². The zero-order valence-electron chi connectivity index (χ0n) is 16.1. The predicted molar refractivity (Wildman–Crippen MR) is 112 cm³/mol. The number of aromatic nitrogens is 3. The van der Waals surface area contributed by atoms with Crippen molar-refractivity contribution < 1.29 is 4.79 Å². The lowest BCUT2D eigenvalue weighted by molar-refractivity contribution is -0.117. The zero-order valence-corrected chi connectivity index (χ0v) is 16.9. The van der Waals surface area contributed by atoms with E-state index in [1.165, 1.54) is 21.8 Å². The Labute approximate surface area is 169 Å². The van der Waals surface area contributed by atoms with Crippen molar-refractivity contribution in [1.29, 1.82) is 0 Å². The summed E-state index contributed by atoms with van der Waals surface area (Å²) in [7, 11) is 0. The number of anilines is 1. The molecule has 28 heavy (non-hydrogen) atoms. The molecule has 1 N–H and O–H groups in total. The van der Waals surface area contributed by atoms with Crippen LogP contribution in [0.25, 0.3) is 0 Å². The van der Waals surface area contributed by atoms with Crippen molar-refractivity contribution in [3.63, 3.8) is 0 Å². The molecule has 150 valence electrons. The monoisotopic (exact) mass is 401 g/mol. The predicted octanol–water partition coefficient (Wildman–Crippen LogP) is 1.96. The number of thioether (sulfide) groups is 1. The van der Waals surface area contributed by atoms with E-state index in [1.54, 1.807) is 4.57 Å². The second-order valence-electron chi connectivity index (χ2n) is 7.46. The Morgan fingerprint density at radius 1 is 1.14 bits per heavy atom. The lowest BCUT2D eigenvalue weighted by Crippen LogP contribution is -2.32. The van der Waals surface area contributed by atoms with Crippen LogP contribution in [0.5, 0.6) is 0 Å². The molecule has 1 aromatic heterocycles. The Morgan fingerprint density at radius 2 is 2.00 bits per heavy atom. The van der Waals surface area contributed by atoms with E-state index >= 15 is 0 Å². The number of nitrogens with zero attached hydrogens (tertiary/aromatic N) is 4. The van der Waals surface area contributed by atoms with Crippen LogP contribution in [0, 0.1) is 0 Å². The van der Waals surface area contributed by atoms with Gasteiger partial charge < -0.3 is 5.32 Å². The molecular formula is C20H27N5O2S. The van der Waals surface area contributed by atoms with Gasteiger partial charge in [0.25, 0.3) is 0 Å². The molecule has 1 saturated heterocycles. The zero-order chi connectivity index (χ0) is 19.3. The Hall–Kier alpha value is -2.06. The first-order valence-electron chi connectivity index (χ1n) is 10.0. The van der Waals surface area contributed by atoms with Crippen molar-refractivity contribution in [2.45, 2.75) is 45.3 Å². The molecule has 0 saturated carbocycles. The van der Waals surface area contributed by atoms with Gasteiger partial charge in [-0.05, 0) is 30.5 Å². The van der Waals surface area contributed by atoms with Gasteiger partial charge in [0.15, 0.2) is 0 Å². The van der Waals surface area contributed by atoms with E-state index in [0.717, 1.165) is 56.8 Å². The third kappa shape index (κ3) is 4.67. The molecule has 1 fully saturated rings. The number of rotatable bonds is 5. The molecule has 3 heterocycles. The molecule has 8 heteroatoms. The Morgan fingerprint density at radius 3 is 2.86 bits per heavy atom. The lowest BCUT2D eigenvalue weighted by atomic mass is 10.2. The van der Waals surface area contributed by atoms with E-state index in [-0.39, 0.29) is 18.1 Å². The molecule has 0 aliphatic carbocycles. The highest BCUT2D eigenvalue weighted by atomic mass is 32.2. The average molecular weight is 402 g/mol. The lowest BCUT2D eigenvalue weighted by Gasteiger charge is -2.26. The number of carbonyl (C=O) groups is 1. The van der Waals surface area contributed by atoms with Crippen molar-refractivity contribution >= 4 is 23.4 Å².